The number of nitrogens with zero attached hydrogens (tertiary/aromatic N) is 1. The molecule has 24 heavy (non-hydrogen) atoms. The van der Waals surface area contributed by atoms with Crippen LogP contribution >= 0.6 is 35.4 Å². The van der Waals surface area contributed by atoms with Crippen molar-refractivity contribution >= 4 is 46.2 Å². The number of rotatable bonds is 9. The van der Waals surface area contributed by atoms with Gasteiger partial charge in [0, 0.05) is 41.7 Å². The fourth-order valence-electron chi connectivity index (χ4n) is 2.39. The van der Waals surface area contributed by atoms with Crippen LogP contribution in [0, 0.1) is 0 Å². The molecule has 1 aromatic rings. The number of thiocarbonyl (C=S) groups is 1. The van der Waals surface area contributed by atoms with Crippen molar-refractivity contribution in [1.82, 2.24) is 4.90 Å². The molecule has 1 rings (SSSR count). The Morgan fingerprint density at radius 2 is 1.42 bits per heavy atom. The Labute approximate surface area is 161 Å². The van der Waals surface area contributed by atoms with Crippen molar-refractivity contribution in [3.05, 3.63) is 28.2 Å². The number of hydrogen-bond donors (Lipinski definition) is 3. The van der Waals surface area contributed by atoms with Crippen molar-refractivity contribution in [2.45, 2.75) is 12.8 Å². The van der Waals surface area contributed by atoms with Crippen LogP contribution in [0.2, 0.25) is 10.0 Å². The Morgan fingerprint density at radius 1 is 0.958 bits per heavy atom. The van der Waals surface area contributed by atoms with Crippen LogP contribution in [-0.2, 0) is 0 Å². The fourth-order valence-corrected chi connectivity index (χ4v) is 3.22. The SMILES string of the molecule is C[NH+](C)CCCN(CCC[NH+](C)C)C(=S)Nc1cc(Cl)cc(Cl)c1. The molecule has 7 heteroatoms. The lowest BCUT2D eigenvalue weighted by Crippen LogP contribution is -3.05. The van der Waals surface area contributed by atoms with Gasteiger partial charge in [0.05, 0.1) is 41.3 Å². The highest BCUT2D eigenvalue weighted by Gasteiger charge is 2.12. The summed E-state index contributed by atoms with van der Waals surface area (Å²) in [6.07, 6.45) is 2.21. The van der Waals surface area contributed by atoms with Gasteiger partial charge >= 0.3 is 0 Å². The molecule has 0 atom stereocenters. The number of hydrogen-bond acceptors (Lipinski definition) is 1. The van der Waals surface area contributed by atoms with Crippen molar-refractivity contribution in [1.29, 1.82) is 0 Å². The van der Waals surface area contributed by atoms with Crippen LogP contribution in [0.15, 0.2) is 18.2 Å². The summed E-state index contributed by atoms with van der Waals surface area (Å²) in [4.78, 5) is 5.15. The van der Waals surface area contributed by atoms with Gasteiger partial charge in [-0.1, -0.05) is 23.2 Å². The second-order valence-electron chi connectivity index (χ2n) is 6.70. The zero-order valence-corrected chi connectivity index (χ0v) is 17.4. The first-order chi connectivity index (χ1) is 11.3. The monoisotopic (exact) mass is 392 g/mol. The Kier molecular flexibility index (Phi) is 9.93. The van der Waals surface area contributed by atoms with Gasteiger partial charge in [-0.05, 0) is 30.4 Å². The molecule has 0 unspecified atom stereocenters. The first-order valence-corrected chi connectivity index (χ1v) is 9.54. The average molecular weight is 393 g/mol. The van der Waals surface area contributed by atoms with Gasteiger partial charge in [-0.3, -0.25) is 0 Å². The van der Waals surface area contributed by atoms with E-state index < -0.39 is 0 Å². The molecular weight excluding hydrogens is 363 g/mol. The van der Waals surface area contributed by atoms with Crippen molar-refractivity contribution in [2.24, 2.45) is 0 Å². The Balaban J connectivity index is 2.66. The second kappa shape index (κ2) is 11.1. The third-order valence-electron chi connectivity index (χ3n) is 3.61. The number of quaternary nitrogens is 2. The van der Waals surface area contributed by atoms with Gasteiger partial charge < -0.3 is 20.0 Å². The molecule has 0 amide bonds. The van der Waals surface area contributed by atoms with Gasteiger partial charge in [0.15, 0.2) is 5.11 Å². The van der Waals surface area contributed by atoms with E-state index in [-0.39, 0.29) is 0 Å². The van der Waals surface area contributed by atoms with Gasteiger partial charge in [-0.15, -0.1) is 0 Å². The molecule has 0 bridgehead atoms. The van der Waals surface area contributed by atoms with E-state index in [4.69, 9.17) is 35.4 Å². The highest BCUT2D eigenvalue weighted by molar-refractivity contribution is 7.80. The molecule has 0 aliphatic carbocycles. The number of benzene rings is 1. The van der Waals surface area contributed by atoms with Crippen LogP contribution < -0.4 is 15.1 Å². The third kappa shape index (κ3) is 9.04. The minimum Gasteiger partial charge on any atom is -0.349 e. The van der Waals surface area contributed by atoms with Gasteiger partial charge in [-0.25, -0.2) is 0 Å². The summed E-state index contributed by atoms with van der Waals surface area (Å²) in [6.45, 7) is 4.16. The largest absolute Gasteiger partial charge is 0.349 e. The molecule has 0 spiro atoms. The van der Waals surface area contributed by atoms with Crippen molar-refractivity contribution in [2.75, 3.05) is 59.7 Å². The molecule has 1 aromatic carbocycles. The fraction of sp³-hybridized carbons (Fsp3) is 0.588. The average Bonchev–Trinajstić information content (AvgIpc) is 2.43. The molecule has 136 valence electrons. The molecule has 0 heterocycles. The maximum absolute atomic E-state index is 6.06. The van der Waals surface area contributed by atoms with Crippen molar-refractivity contribution < 1.29 is 9.80 Å². The van der Waals surface area contributed by atoms with E-state index in [1.54, 1.807) is 6.07 Å². The van der Waals surface area contributed by atoms with Crippen LogP contribution in [0.25, 0.3) is 0 Å². The summed E-state index contributed by atoms with van der Waals surface area (Å²) in [6, 6.07) is 5.40. The second-order valence-corrected chi connectivity index (χ2v) is 7.96. The summed E-state index contributed by atoms with van der Waals surface area (Å²) >= 11 is 17.7. The van der Waals surface area contributed by atoms with Gasteiger partial charge in [0.1, 0.15) is 0 Å². The molecular formula is C17H30Cl2N4S+2. The van der Waals surface area contributed by atoms with E-state index in [1.807, 2.05) is 12.1 Å². The minimum atomic E-state index is 0.603. The van der Waals surface area contributed by atoms with E-state index in [2.05, 4.69) is 38.4 Å². The van der Waals surface area contributed by atoms with E-state index in [1.165, 1.54) is 9.80 Å². The maximum Gasteiger partial charge on any atom is 0.173 e. The predicted octanol–water partition coefficient (Wildman–Crippen LogP) is 1.06. The molecule has 0 saturated carbocycles. The number of halogens is 2. The number of anilines is 1. The lowest BCUT2D eigenvalue weighted by molar-refractivity contribution is -0.858. The van der Waals surface area contributed by atoms with Crippen LogP contribution in [0.4, 0.5) is 5.69 Å². The molecule has 0 aliphatic heterocycles. The lowest BCUT2D eigenvalue weighted by atomic mass is 10.3. The summed E-state index contributed by atoms with van der Waals surface area (Å²) in [5.74, 6) is 0. The van der Waals surface area contributed by atoms with E-state index >= 15 is 0 Å². The molecule has 0 aromatic heterocycles. The topological polar surface area (TPSA) is 24.1 Å². The summed E-state index contributed by atoms with van der Waals surface area (Å²) in [7, 11) is 8.68. The third-order valence-corrected chi connectivity index (χ3v) is 4.41. The number of nitrogens with one attached hydrogen (secondary N) is 3. The van der Waals surface area contributed by atoms with Crippen LogP contribution in [0.1, 0.15) is 12.8 Å². The Morgan fingerprint density at radius 3 is 1.83 bits per heavy atom. The van der Waals surface area contributed by atoms with Crippen LogP contribution in [-0.4, -0.2) is 64.4 Å². The molecule has 3 N–H and O–H groups in total. The molecule has 0 fully saturated rings. The standard InChI is InChI=1S/C17H28Cl2N4S/c1-21(2)7-5-9-23(10-6-8-22(3)4)17(24)20-16-12-14(18)11-15(19)13-16/h11-13H,5-10H2,1-4H3,(H,20,24)/p+2. The summed E-state index contributed by atoms with van der Waals surface area (Å²) in [5.41, 5.74) is 0.832. The highest BCUT2D eigenvalue weighted by Crippen LogP contribution is 2.22. The maximum atomic E-state index is 6.06. The van der Waals surface area contributed by atoms with Crippen molar-refractivity contribution in [3.8, 4) is 0 Å². The molecule has 0 radical (unpaired) electrons. The van der Waals surface area contributed by atoms with Crippen molar-refractivity contribution in [3.63, 3.8) is 0 Å². The van der Waals surface area contributed by atoms with E-state index in [0.29, 0.717) is 10.0 Å². The molecule has 4 nitrogen and oxygen atoms in total. The Hall–Kier alpha value is -0.590. The lowest BCUT2D eigenvalue weighted by Gasteiger charge is -2.26. The summed E-state index contributed by atoms with van der Waals surface area (Å²) < 4.78 is 0. The minimum absolute atomic E-state index is 0.603. The first-order valence-electron chi connectivity index (χ1n) is 8.38. The smallest absolute Gasteiger partial charge is 0.173 e. The zero-order chi connectivity index (χ0) is 18.1. The first kappa shape index (κ1) is 21.5. The molecule has 0 saturated heterocycles. The van der Waals surface area contributed by atoms with E-state index in [0.717, 1.165) is 49.8 Å². The van der Waals surface area contributed by atoms with Gasteiger partial charge in [-0.2, -0.15) is 0 Å². The normalized spacial score (nSPS) is 11.2. The molecule has 0 aliphatic rings. The Bertz CT molecular complexity index is 489. The predicted molar refractivity (Wildman–Crippen MR) is 109 cm³/mol. The van der Waals surface area contributed by atoms with Gasteiger partial charge in [0.25, 0.3) is 0 Å². The van der Waals surface area contributed by atoms with E-state index in [9.17, 15) is 0 Å². The summed E-state index contributed by atoms with van der Waals surface area (Å²) in [5, 5.41) is 5.21. The quantitative estimate of drug-likeness (QED) is 0.547. The zero-order valence-electron chi connectivity index (χ0n) is 15.1. The van der Waals surface area contributed by atoms with Crippen LogP contribution in [0.5, 0.6) is 0 Å². The highest BCUT2D eigenvalue weighted by atomic mass is 35.5. The van der Waals surface area contributed by atoms with Crippen LogP contribution in [0.3, 0.4) is 0 Å². The van der Waals surface area contributed by atoms with Gasteiger partial charge in [0.2, 0.25) is 0 Å².